The first-order valence-electron chi connectivity index (χ1n) is 6.93. The van der Waals surface area contributed by atoms with Gasteiger partial charge in [0.05, 0.1) is 5.92 Å². The third-order valence-electron chi connectivity index (χ3n) is 3.04. The summed E-state index contributed by atoms with van der Waals surface area (Å²) in [4.78, 5) is 21.2. The summed E-state index contributed by atoms with van der Waals surface area (Å²) in [6.45, 7) is 11.0. The third kappa shape index (κ3) is 5.48. The fourth-order valence-electron chi connectivity index (χ4n) is 2.03. The number of ketones is 1. The van der Waals surface area contributed by atoms with Crippen molar-refractivity contribution in [3.05, 3.63) is 12.2 Å². The molecule has 2 rings (SSSR count). The van der Waals surface area contributed by atoms with Crippen molar-refractivity contribution < 1.29 is 14.3 Å². The van der Waals surface area contributed by atoms with Crippen LogP contribution in [0, 0.1) is 5.92 Å². The number of allylic oxidation sites excluding steroid dienone is 1. The van der Waals surface area contributed by atoms with Crippen molar-refractivity contribution in [2.45, 2.75) is 65.9 Å². The summed E-state index contributed by atoms with van der Waals surface area (Å²) >= 11 is 0. The van der Waals surface area contributed by atoms with Crippen LogP contribution in [0.4, 0.5) is 0 Å². The summed E-state index contributed by atoms with van der Waals surface area (Å²) in [6, 6.07) is 0. The van der Waals surface area contributed by atoms with Crippen molar-refractivity contribution in [3.63, 3.8) is 0 Å². The zero-order chi connectivity index (χ0) is 14.1. The first-order chi connectivity index (χ1) is 8.54. The summed E-state index contributed by atoms with van der Waals surface area (Å²) in [5.41, 5.74) is 0.655. The number of ether oxygens (including phenoxy) is 1. The molecule has 104 valence electrons. The predicted octanol–water partition coefficient (Wildman–Crippen LogP) is 3.67. The molecule has 0 spiro atoms. The summed E-state index contributed by atoms with van der Waals surface area (Å²) in [5.74, 6) is 0.473. The number of hydrogen-bond donors (Lipinski definition) is 0. The zero-order valence-electron chi connectivity index (χ0n) is 12.1. The van der Waals surface area contributed by atoms with Crippen LogP contribution in [0.1, 0.15) is 59.8 Å². The SMILES string of the molecule is C=C(C)C(=O)CC.CC.O=C1OC2CCCC1C2. The van der Waals surface area contributed by atoms with Crippen molar-refractivity contribution in [2.24, 2.45) is 5.92 Å². The molecule has 2 aliphatic rings. The number of carbonyl (C=O) groups excluding carboxylic acids is 2. The Morgan fingerprint density at radius 3 is 2.33 bits per heavy atom. The van der Waals surface area contributed by atoms with Crippen LogP contribution in [0.3, 0.4) is 0 Å². The van der Waals surface area contributed by atoms with Crippen molar-refractivity contribution in [3.8, 4) is 0 Å². The van der Waals surface area contributed by atoms with E-state index in [1.807, 2.05) is 20.8 Å². The maximum absolute atomic E-state index is 10.8. The van der Waals surface area contributed by atoms with Gasteiger partial charge in [-0.2, -0.15) is 0 Å². The van der Waals surface area contributed by atoms with Crippen LogP contribution in [0.5, 0.6) is 0 Å². The lowest BCUT2D eigenvalue weighted by atomic mass is 9.90. The van der Waals surface area contributed by atoms with E-state index in [4.69, 9.17) is 4.74 Å². The number of carbonyl (C=O) groups is 2. The molecule has 3 nitrogen and oxygen atoms in total. The van der Waals surface area contributed by atoms with Gasteiger partial charge in [0.25, 0.3) is 0 Å². The van der Waals surface area contributed by atoms with Gasteiger partial charge in [-0.1, -0.05) is 27.4 Å². The molecule has 2 unspecified atom stereocenters. The number of esters is 1. The largest absolute Gasteiger partial charge is 0.462 e. The number of fused-ring (bicyclic) bond motifs is 2. The lowest BCUT2D eigenvalue weighted by Crippen LogP contribution is -2.10. The molecule has 2 fully saturated rings. The molecule has 1 saturated carbocycles. The maximum atomic E-state index is 10.8. The standard InChI is InChI=1S/C7H10O2.C6H10O.C2H6/c8-7-5-2-1-3-6(4-5)9-7;1-4-6(7)5(2)3;1-2/h5-6H,1-4H2;2,4H2,1,3H3;1-2H3. The molecule has 18 heavy (non-hydrogen) atoms. The van der Waals surface area contributed by atoms with Gasteiger partial charge in [0.15, 0.2) is 5.78 Å². The molecule has 1 saturated heterocycles. The highest BCUT2D eigenvalue weighted by molar-refractivity contribution is 5.93. The Labute approximate surface area is 111 Å². The van der Waals surface area contributed by atoms with Crippen LogP contribution in [-0.2, 0) is 14.3 Å². The second-order valence-corrected chi connectivity index (χ2v) is 4.48. The minimum absolute atomic E-state index is 0.0532. The first-order valence-corrected chi connectivity index (χ1v) is 6.93. The van der Waals surface area contributed by atoms with Gasteiger partial charge in [0, 0.05) is 6.42 Å². The van der Waals surface area contributed by atoms with E-state index in [0.717, 1.165) is 19.3 Å². The lowest BCUT2D eigenvalue weighted by Gasteiger charge is -2.12. The van der Waals surface area contributed by atoms with Crippen LogP contribution >= 0.6 is 0 Å². The normalized spacial score (nSPS) is 23.9. The van der Waals surface area contributed by atoms with Gasteiger partial charge < -0.3 is 4.74 Å². The van der Waals surface area contributed by atoms with Crippen LogP contribution in [0.2, 0.25) is 0 Å². The molecule has 0 aromatic carbocycles. The van der Waals surface area contributed by atoms with Gasteiger partial charge in [0.2, 0.25) is 0 Å². The minimum Gasteiger partial charge on any atom is -0.462 e. The molecule has 0 N–H and O–H groups in total. The van der Waals surface area contributed by atoms with Crippen molar-refractivity contribution in [1.82, 2.24) is 0 Å². The van der Waals surface area contributed by atoms with Gasteiger partial charge in [0.1, 0.15) is 6.10 Å². The van der Waals surface area contributed by atoms with E-state index >= 15 is 0 Å². The van der Waals surface area contributed by atoms with Crippen LogP contribution in [0.25, 0.3) is 0 Å². The minimum atomic E-state index is 0.0532. The molecule has 0 aromatic rings. The summed E-state index contributed by atoms with van der Waals surface area (Å²) in [7, 11) is 0. The second-order valence-electron chi connectivity index (χ2n) is 4.48. The molecule has 0 amide bonds. The fraction of sp³-hybridized carbons (Fsp3) is 0.733. The molecule has 0 aromatic heterocycles. The Hall–Kier alpha value is -1.12. The monoisotopic (exact) mass is 254 g/mol. The molecule has 0 radical (unpaired) electrons. The van der Waals surface area contributed by atoms with Crippen LogP contribution in [-0.4, -0.2) is 17.9 Å². The van der Waals surface area contributed by atoms with Gasteiger partial charge in [-0.3, -0.25) is 9.59 Å². The Morgan fingerprint density at radius 1 is 1.39 bits per heavy atom. The Balaban J connectivity index is 0.000000292. The highest BCUT2D eigenvalue weighted by Gasteiger charge is 2.37. The molecule has 1 aliphatic carbocycles. The molecular weight excluding hydrogens is 228 g/mol. The molecular formula is C15H26O3. The highest BCUT2D eigenvalue weighted by atomic mass is 16.6. The number of rotatable bonds is 2. The molecule has 2 bridgehead atoms. The van der Waals surface area contributed by atoms with Crippen molar-refractivity contribution in [1.29, 1.82) is 0 Å². The van der Waals surface area contributed by atoms with Gasteiger partial charge >= 0.3 is 5.97 Å². The average molecular weight is 254 g/mol. The van der Waals surface area contributed by atoms with Gasteiger partial charge in [-0.25, -0.2) is 0 Å². The summed E-state index contributed by atoms with van der Waals surface area (Å²) in [6.07, 6.45) is 5.21. The van der Waals surface area contributed by atoms with E-state index in [0.29, 0.717) is 12.0 Å². The van der Waals surface area contributed by atoms with Gasteiger partial charge in [-0.15, -0.1) is 0 Å². The molecule has 3 heteroatoms. The maximum Gasteiger partial charge on any atom is 0.309 e. The first kappa shape index (κ1) is 16.9. The van der Waals surface area contributed by atoms with E-state index in [1.54, 1.807) is 6.92 Å². The fourth-order valence-corrected chi connectivity index (χ4v) is 2.03. The summed E-state index contributed by atoms with van der Waals surface area (Å²) < 4.78 is 5.05. The van der Waals surface area contributed by atoms with E-state index in [1.165, 1.54) is 6.42 Å². The molecule has 1 aliphatic heterocycles. The second kappa shape index (κ2) is 8.90. The van der Waals surface area contributed by atoms with Crippen molar-refractivity contribution >= 4 is 11.8 Å². The lowest BCUT2D eigenvalue weighted by molar-refractivity contribution is -0.143. The molecule has 1 heterocycles. The van der Waals surface area contributed by atoms with Crippen molar-refractivity contribution in [2.75, 3.05) is 0 Å². The topological polar surface area (TPSA) is 43.4 Å². The Morgan fingerprint density at radius 2 is 2.00 bits per heavy atom. The zero-order valence-corrected chi connectivity index (χ0v) is 12.1. The number of hydrogen-bond acceptors (Lipinski definition) is 3. The Kier molecular flexibility index (Phi) is 8.34. The smallest absolute Gasteiger partial charge is 0.309 e. The quantitative estimate of drug-likeness (QED) is 0.558. The molecule has 2 atom stereocenters. The third-order valence-corrected chi connectivity index (χ3v) is 3.04. The van der Waals surface area contributed by atoms with E-state index in [2.05, 4.69) is 6.58 Å². The van der Waals surface area contributed by atoms with Gasteiger partial charge in [-0.05, 0) is 38.2 Å². The predicted molar refractivity (Wildman–Crippen MR) is 73.3 cm³/mol. The van der Waals surface area contributed by atoms with E-state index in [9.17, 15) is 9.59 Å². The number of Topliss-reactive ketones (excluding diaryl/α,β-unsaturated/α-hetero) is 1. The highest BCUT2D eigenvalue weighted by Crippen LogP contribution is 2.33. The van der Waals surface area contributed by atoms with Crippen LogP contribution < -0.4 is 0 Å². The average Bonchev–Trinajstić information content (AvgIpc) is 2.64. The van der Waals surface area contributed by atoms with Crippen LogP contribution in [0.15, 0.2) is 12.2 Å². The van der Waals surface area contributed by atoms with E-state index in [-0.39, 0.29) is 23.8 Å². The summed E-state index contributed by atoms with van der Waals surface area (Å²) in [5, 5.41) is 0. The van der Waals surface area contributed by atoms with E-state index < -0.39 is 0 Å². The Bertz CT molecular complexity index is 294.